The Morgan fingerprint density at radius 2 is 1.90 bits per heavy atom. The number of para-hydroxylation sites is 1. The minimum absolute atomic E-state index is 0.0403. The largest absolute Gasteiger partial charge is 0.496 e. The fraction of sp³-hybridized carbons (Fsp3) is 0.333. The molecule has 106 valence electrons. The van der Waals surface area contributed by atoms with Gasteiger partial charge in [-0.05, 0) is 12.1 Å². The molecule has 1 aliphatic heterocycles. The number of hydrogen-bond acceptors (Lipinski definition) is 3. The number of nitrogens with zero attached hydrogens (tertiary/aromatic N) is 2. The monoisotopic (exact) mass is 274 g/mol. The van der Waals surface area contributed by atoms with Crippen molar-refractivity contribution >= 4 is 18.4 Å². The van der Waals surface area contributed by atoms with Gasteiger partial charge in [0.1, 0.15) is 5.75 Å². The molecule has 0 aromatic heterocycles. The van der Waals surface area contributed by atoms with Crippen LogP contribution in [0.15, 0.2) is 30.3 Å². The van der Waals surface area contributed by atoms with Gasteiger partial charge in [0, 0.05) is 37.8 Å². The highest BCUT2D eigenvalue weighted by atomic mass is 16.5. The number of piperazine rings is 1. The molecule has 0 unspecified atom stereocenters. The molecule has 0 N–H and O–H groups in total. The number of hydrogen-bond donors (Lipinski definition) is 0. The lowest BCUT2D eigenvalue weighted by Gasteiger charge is -2.31. The van der Waals surface area contributed by atoms with Crippen molar-refractivity contribution in [1.82, 2.24) is 9.80 Å². The van der Waals surface area contributed by atoms with E-state index in [0.717, 1.165) is 17.7 Å². The number of carbonyl (C=O) groups excluding carboxylic acids is 2. The van der Waals surface area contributed by atoms with Crippen LogP contribution in [0.5, 0.6) is 5.75 Å². The first kappa shape index (κ1) is 14.1. The molecule has 1 fully saturated rings. The zero-order valence-electron chi connectivity index (χ0n) is 11.5. The molecular weight excluding hydrogens is 256 g/mol. The Morgan fingerprint density at radius 3 is 2.55 bits per heavy atom. The minimum Gasteiger partial charge on any atom is -0.496 e. The first-order valence-corrected chi connectivity index (χ1v) is 6.54. The van der Waals surface area contributed by atoms with Gasteiger partial charge in [-0.2, -0.15) is 0 Å². The lowest BCUT2D eigenvalue weighted by molar-refractivity contribution is -0.130. The van der Waals surface area contributed by atoms with E-state index in [1.807, 2.05) is 24.3 Å². The van der Waals surface area contributed by atoms with Gasteiger partial charge in [-0.3, -0.25) is 9.59 Å². The average Bonchev–Trinajstić information content (AvgIpc) is 2.53. The predicted molar refractivity (Wildman–Crippen MR) is 76.2 cm³/mol. The van der Waals surface area contributed by atoms with Gasteiger partial charge >= 0.3 is 0 Å². The van der Waals surface area contributed by atoms with Crippen LogP contribution < -0.4 is 4.74 Å². The summed E-state index contributed by atoms with van der Waals surface area (Å²) in [6.07, 6.45) is 4.13. The van der Waals surface area contributed by atoms with E-state index in [0.29, 0.717) is 26.2 Å². The number of ether oxygens (including phenoxy) is 1. The maximum atomic E-state index is 12.1. The van der Waals surface area contributed by atoms with Gasteiger partial charge in [-0.25, -0.2) is 0 Å². The van der Waals surface area contributed by atoms with Gasteiger partial charge in [-0.15, -0.1) is 0 Å². The summed E-state index contributed by atoms with van der Waals surface area (Å²) < 4.78 is 5.23. The quantitative estimate of drug-likeness (QED) is 0.608. The fourth-order valence-corrected chi connectivity index (χ4v) is 2.12. The van der Waals surface area contributed by atoms with Crippen molar-refractivity contribution in [1.29, 1.82) is 0 Å². The Labute approximate surface area is 118 Å². The Hall–Kier alpha value is -2.30. The standard InChI is InChI=1S/C15H18N2O3/c1-20-14-5-3-2-4-13(14)6-7-15(19)17-10-8-16(12-18)9-11-17/h2-7,12H,8-11H2,1H3/b7-6+. The normalized spacial score (nSPS) is 15.4. The zero-order valence-corrected chi connectivity index (χ0v) is 11.5. The number of carbonyl (C=O) groups is 2. The van der Waals surface area contributed by atoms with Crippen LogP contribution in [-0.4, -0.2) is 55.4 Å². The molecule has 0 spiro atoms. The zero-order chi connectivity index (χ0) is 14.4. The molecule has 0 bridgehead atoms. The van der Waals surface area contributed by atoms with Gasteiger partial charge < -0.3 is 14.5 Å². The highest BCUT2D eigenvalue weighted by Crippen LogP contribution is 2.18. The molecule has 0 aliphatic carbocycles. The molecule has 1 aliphatic rings. The van der Waals surface area contributed by atoms with Gasteiger partial charge in [0.15, 0.2) is 0 Å². The third-order valence-electron chi connectivity index (χ3n) is 3.32. The minimum atomic E-state index is -0.0403. The average molecular weight is 274 g/mol. The summed E-state index contributed by atoms with van der Waals surface area (Å²) in [5.41, 5.74) is 0.870. The van der Waals surface area contributed by atoms with E-state index in [-0.39, 0.29) is 5.91 Å². The van der Waals surface area contributed by atoms with Gasteiger partial charge in [-0.1, -0.05) is 18.2 Å². The molecule has 5 nitrogen and oxygen atoms in total. The van der Waals surface area contributed by atoms with Gasteiger partial charge in [0.2, 0.25) is 12.3 Å². The second kappa shape index (κ2) is 6.75. The smallest absolute Gasteiger partial charge is 0.246 e. The predicted octanol–water partition coefficient (Wildman–Crippen LogP) is 1.01. The Morgan fingerprint density at radius 1 is 1.20 bits per heavy atom. The summed E-state index contributed by atoms with van der Waals surface area (Å²) in [5.74, 6) is 0.698. The van der Waals surface area contributed by atoms with E-state index in [4.69, 9.17) is 4.74 Å². The summed E-state index contributed by atoms with van der Waals surface area (Å²) in [5, 5.41) is 0. The molecule has 20 heavy (non-hydrogen) atoms. The van der Waals surface area contributed by atoms with Crippen molar-refractivity contribution in [3.63, 3.8) is 0 Å². The van der Waals surface area contributed by atoms with Crippen LogP contribution in [0, 0.1) is 0 Å². The van der Waals surface area contributed by atoms with E-state index in [1.165, 1.54) is 0 Å². The van der Waals surface area contributed by atoms with Crippen molar-refractivity contribution in [2.45, 2.75) is 0 Å². The van der Waals surface area contributed by atoms with E-state index < -0.39 is 0 Å². The van der Waals surface area contributed by atoms with Crippen molar-refractivity contribution in [3.8, 4) is 5.75 Å². The summed E-state index contributed by atoms with van der Waals surface area (Å²) in [7, 11) is 1.60. The van der Waals surface area contributed by atoms with Crippen molar-refractivity contribution < 1.29 is 14.3 Å². The molecule has 0 radical (unpaired) electrons. The van der Waals surface area contributed by atoms with Gasteiger partial charge in [0.25, 0.3) is 0 Å². The van der Waals surface area contributed by atoms with Crippen LogP contribution in [0.2, 0.25) is 0 Å². The van der Waals surface area contributed by atoms with E-state index in [2.05, 4.69) is 0 Å². The third-order valence-corrected chi connectivity index (χ3v) is 3.32. The van der Waals surface area contributed by atoms with E-state index >= 15 is 0 Å². The lowest BCUT2D eigenvalue weighted by Crippen LogP contribution is -2.47. The van der Waals surface area contributed by atoms with E-state index in [1.54, 1.807) is 29.1 Å². The Bertz CT molecular complexity index is 506. The van der Waals surface area contributed by atoms with Crippen molar-refractivity contribution in [3.05, 3.63) is 35.9 Å². The molecule has 1 aromatic carbocycles. The number of methoxy groups -OCH3 is 1. The second-order valence-corrected chi connectivity index (χ2v) is 4.54. The Balaban J connectivity index is 1.97. The molecule has 1 saturated heterocycles. The number of benzene rings is 1. The molecule has 5 heteroatoms. The van der Waals surface area contributed by atoms with Crippen LogP contribution in [0.4, 0.5) is 0 Å². The highest BCUT2D eigenvalue weighted by molar-refractivity contribution is 5.92. The lowest BCUT2D eigenvalue weighted by atomic mass is 10.2. The van der Waals surface area contributed by atoms with Crippen LogP contribution in [0.25, 0.3) is 6.08 Å². The topological polar surface area (TPSA) is 49.9 Å². The van der Waals surface area contributed by atoms with Crippen molar-refractivity contribution in [2.24, 2.45) is 0 Å². The molecule has 1 aromatic rings. The molecule has 0 saturated carbocycles. The van der Waals surface area contributed by atoms with E-state index in [9.17, 15) is 9.59 Å². The van der Waals surface area contributed by atoms with Crippen LogP contribution in [-0.2, 0) is 9.59 Å². The summed E-state index contributed by atoms with van der Waals surface area (Å²) in [6.45, 7) is 2.34. The van der Waals surface area contributed by atoms with Gasteiger partial charge in [0.05, 0.1) is 7.11 Å². The summed E-state index contributed by atoms with van der Waals surface area (Å²) in [6, 6.07) is 7.53. The van der Waals surface area contributed by atoms with Crippen molar-refractivity contribution in [2.75, 3.05) is 33.3 Å². The molecular formula is C15H18N2O3. The molecule has 0 atom stereocenters. The Kier molecular flexibility index (Phi) is 4.76. The number of amides is 2. The van der Waals surface area contributed by atoms with Crippen LogP contribution >= 0.6 is 0 Å². The van der Waals surface area contributed by atoms with Crippen LogP contribution in [0.3, 0.4) is 0 Å². The summed E-state index contributed by atoms with van der Waals surface area (Å²) in [4.78, 5) is 26.1. The number of rotatable bonds is 4. The second-order valence-electron chi connectivity index (χ2n) is 4.54. The SMILES string of the molecule is COc1ccccc1/C=C/C(=O)N1CCN(C=O)CC1. The maximum absolute atomic E-state index is 12.1. The highest BCUT2D eigenvalue weighted by Gasteiger charge is 2.18. The summed E-state index contributed by atoms with van der Waals surface area (Å²) >= 11 is 0. The molecule has 2 amide bonds. The third kappa shape index (κ3) is 3.38. The maximum Gasteiger partial charge on any atom is 0.246 e. The first-order valence-electron chi connectivity index (χ1n) is 6.54. The van der Waals surface area contributed by atoms with Crippen LogP contribution in [0.1, 0.15) is 5.56 Å². The molecule has 1 heterocycles. The first-order chi connectivity index (χ1) is 9.74. The fourth-order valence-electron chi connectivity index (χ4n) is 2.12. The molecule has 2 rings (SSSR count).